The Balaban J connectivity index is 1.47. The molecule has 1 N–H and O–H groups in total. The molecule has 1 fully saturated rings. The fourth-order valence-corrected chi connectivity index (χ4v) is 4.76. The first-order valence-corrected chi connectivity index (χ1v) is 11.0. The maximum Gasteiger partial charge on any atom is 0.306 e. The van der Waals surface area contributed by atoms with Crippen molar-refractivity contribution in [2.75, 3.05) is 19.6 Å². The lowest BCUT2D eigenvalue weighted by atomic mass is 9.92. The molecule has 0 atom stereocenters. The minimum atomic E-state index is -0.629. The van der Waals surface area contributed by atoms with Gasteiger partial charge in [-0.05, 0) is 92.9 Å². The van der Waals surface area contributed by atoms with Crippen LogP contribution in [-0.4, -0.2) is 35.6 Å². The molecular formula is C26H31NO2. The molecule has 0 spiro atoms. The van der Waals surface area contributed by atoms with E-state index < -0.39 is 5.97 Å². The van der Waals surface area contributed by atoms with Crippen molar-refractivity contribution in [2.24, 2.45) is 5.92 Å². The number of hydrogen-bond acceptors (Lipinski definition) is 2. The maximum absolute atomic E-state index is 11.1. The molecular weight excluding hydrogens is 358 g/mol. The molecule has 0 amide bonds. The summed E-state index contributed by atoms with van der Waals surface area (Å²) in [6.45, 7) is 5.06. The zero-order valence-electron chi connectivity index (χ0n) is 17.4. The van der Waals surface area contributed by atoms with E-state index in [4.69, 9.17) is 5.11 Å². The zero-order valence-corrected chi connectivity index (χ0v) is 17.4. The number of carboxylic acids is 1. The first kappa shape index (κ1) is 19.9. The summed E-state index contributed by atoms with van der Waals surface area (Å²) in [7, 11) is 0. The average molecular weight is 390 g/mol. The number of aliphatic carboxylic acids is 1. The van der Waals surface area contributed by atoms with Gasteiger partial charge in [-0.2, -0.15) is 0 Å². The smallest absolute Gasteiger partial charge is 0.306 e. The van der Waals surface area contributed by atoms with Crippen LogP contribution >= 0.6 is 0 Å². The summed E-state index contributed by atoms with van der Waals surface area (Å²) in [5.74, 6) is -0.772. The van der Waals surface area contributed by atoms with Gasteiger partial charge in [0.25, 0.3) is 0 Å². The SMILES string of the molecule is Cc1ccc2c(c1)/C(=C\CCCN1CCC(C(=O)O)CC1)c1ccccc1CC2. The summed E-state index contributed by atoms with van der Waals surface area (Å²) < 4.78 is 0. The second-order valence-electron chi connectivity index (χ2n) is 8.53. The Kier molecular flexibility index (Phi) is 6.15. The van der Waals surface area contributed by atoms with Gasteiger partial charge in [0.15, 0.2) is 0 Å². The number of carbonyl (C=O) groups is 1. The largest absolute Gasteiger partial charge is 0.481 e. The van der Waals surface area contributed by atoms with E-state index in [1.54, 1.807) is 0 Å². The van der Waals surface area contributed by atoms with E-state index in [9.17, 15) is 4.79 Å². The quantitative estimate of drug-likeness (QED) is 0.723. The van der Waals surface area contributed by atoms with Crippen LogP contribution in [0.3, 0.4) is 0 Å². The van der Waals surface area contributed by atoms with E-state index in [-0.39, 0.29) is 5.92 Å². The van der Waals surface area contributed by atoms with Crippen LogP contribution in [0, 0.1) is 12.8 Å². The van der Waals surface area contributed by atoms with Crippen LogP contribution in [0.5, 0.6) is 0 Å². The van der Waals surface area contributed by atoms with Gasteiger partial charge in [-0.1, -0.05) is 54.1 Å². The molecule has 1 saturated heterocycles. The monoisotopic (exact) mass is 389 g/mol. The van der Waals surface area contributed by atoms with Gasteiger partial charge < -0.3 is 10.0 Å². The number of carboxylic acid groups (broad SMARTS) is 1. The van der Waals surface area contributed by atoms with E-state index >= 15 is 0 Å². The predicted molar refractivity (Wildman–Crippen MR) is 118 cm³/mol. The fourth-order valence-electron chi connectivity index (χ4n) is 4.76. The van der Waals surface area contributed by atoms with Gasteiger partial charge in [-0.25, -0.2) is 0 Å². The van der Waals surface area contributed by atoms with Gasteiger partial charge in [0.05, 0.1) is 5.92 Å². The van der Waals surface area contributed by atoms with Crippen LogP contribution in [0.4, 0.5) is 0 Å². The third-order valence-corrected chi connectivity index (χ3v) is 6.49. The minimum absolute atomic E-state index is 0.143. The number of hydrogen-bond donors (Lipinski definition) is 1. The summed E-state index contributed by atoms with van der Waals surface area (Å²) in [5.41, 5.74) is 8.39. The first-order chi connectivity index (χ1) is 14.1. The van der Waals surface area contributed by atoms with Crippen molar-refractivity contribution in [1.82, 2.24) is 4.90 Å². The highest BCUT2D eigenvalue weighted by atomic mass is 16.4. The fraction of sp³-hybridized carbons (Fsp3) is 0.423. The Morgan fingerprint density at radius 2 is 1.79 bits per heavy atom. The zero-order chi connectivity index (χ0) is 20.2. The van der Waals surface area contributed by atoms with E-state index in [0.717, 1.165) is 58.2 Å². The normalized spacial score (nSPS) is 18.9. The van der Waals surface area contributed by atoms with Crippen molar-refractivity contribution >= 4 is 11.5 Å². The molecule has 0 radical (unpaired) electrons. The van der Waals surface area contributed by atoms with Crippen molar-refractivity contribution in [1.29, 1.82) is 0 Å². The number of benzene rings is 2. The molecule has 2 aliphatic rings. The Bertz CT molecular complexity index is 907. The summed E-state index contributed by atoms with van der Waals surface area (Å²) >= 11 is 0. The molecule has 2 aromatic carbocycles. The van der Waals surface area contributed by atoms with E-state index in [1.807, 2.05) is 0 Å². The average Bonchev–Trinajstić information content (AvgIpc) is 2.88. The standard InChI is InChI=1S/C26H31NO2/c1-19-9-10-21-12-11-20-6-2-3-7-23(20)24(25(21)18-19)8-4-5-15-27-16-13-22(14-17-27)26(28)29/h2-3,6-10,18,22H,4-5,11-17H2,1H3,(H,28,29)/b24-8-. The lowest BCUT2D eigenvalue weighted by Gasteiger charge is -2.29. The summed E-state index contributed by atoms with van der Waals surface area (Å²) in [5, 5.41) is 9.16. The Morgan fingerprint density at radius 1 is 1.07 bits per heavy atom. The van der Waals surface area contributed by atoms with Crippen molar-refractivity contribution in [3.05, 3.63) is 76.4 Å². The highest BCUT2D eigenvalue weighted by Gasteiger charge is 2.24. The second-order valence-corrected chi connectivity index (χ2v) is 8.53. The third-order valence-electron chi connectivity index (χ3n) is 6.49. The number of rotatable bonds is 5. The van der Waals surface area contributed by atoms with Gasteiger partial charge in [0.1, 0.15) is 0 Å². The summed E-state index contributed by atoms with van der Waals surface area (Å²) in [6.07, 6.45) is 8.38. The lowest BCUT2D eigenvalue weighted by molar-refractivity contribution is -0.143. The molecule has 1 aliphatic heterocycles. The molecule has 0 aromatic heterocycles. The van der Waals surface area contributed by atoms with Crippen molar-refractivity contribution in [3.63, 3.8) is 0 Å². The topological polar surface area (TPSA) is 40.5 Å². The molecule has 3 heteroatoms. The molecule has 0 saturated carbocycles. The van der Waals surface area contributed by atoms with Crippen LogP contribution in [0.25, 0.3) is 5.57 Å². The van der Waals surface area contributed by atoms with Crippen molar-refractivity contribution < 1.29 is 9.90 Å². The summed E-state index contributed by atoms with van der Waals surface area (Å²) in [4.78, 5) is 13.6. The lowest BCUT2D eigenvalue weighted by Crippen LogP contribution is -2.36. The number of aryl methyl sites for hydroxylation is 3. The molecule has 4 rings (SSSR count). The van der Waals surface area contributed by atoms with Crippen LogP contribution in [0.2, 0.25) is 0 Å². The van der Waals surface area contributed by atoms with Crippen molar-refractivity contribution in [2.45, 2.75) is 45.4 Å². The molecule has 1 aliphatic carbocycles. The summed E-state index contributed by atoms with van der Waals surface area (Å²) in [6, 6.07) is 15.7. The third kappa shape index (κ3) is 4.62. The molecule has 3 nitrogen and oxygen atoms in total. The molecule has 29 heavy (non-hydrogen) atoms. The van der Waals surface area contributed by atoms with Gasteiger partial charge in [-0.3, -0.25) is 4.79 Å². The maximum atomic E-state index is 11.1. The first-order valence-electron chi connectivity index (χ1n) is 11.0. The van der Waals surface area contributed by atoms with E-state index in [0.29, 0.717) is 0 Å². The van der Waals surface area contributed by atoms with Crippen LogP contribution in [-0.2, 0) is 17.6 Å². The number of unbranched alkanes of at least 4 members (excludes halogenated alkanes) is 1. The highest BCUT2D eigenvalue weighted by Crippen LogP contribution is 2.34. The highest BCUT2D eigenvalue weighted by molar-refractivity contribution is 5.84. The Hall–Kier alpha value is -2.39. The van der Waals surface area contributed by atoms with Crippen LogP contribution in [0.15, 0.2) is 48.5 Å². The number of fused-ring (bicyclic) bond motifs is 2. The predicted octanol–water partition coefficient (Wildman–Crippen LogP) is 5.10. The van der Waals surface area contributed by atoms with Crippen LogP contribution < -0.4 is 0 Å². The molecule has 2 aromatic rings. The second kappa shape index (κ2) is 8.96. The minimum Gasteiger partial charge on any atom is -0.481 e. The molecule has 0 bridgehead atoms. The molecule has 1 heterocycles. The molecule has 152 valence electrons. The molecule has 0 unspecified atom stereocenters. The number of piperidine rings is 1. The van der Waals surface area contributed by atoms with Gasteiger partial charge in [-0.15, -0.1) is 0 Å². The number of nitrogens with zero attached hydrogens (tertiary/aromatic N) is 1. The Morgan fingerprint density at radius 3 is 2.55 bits per heavy atom. The van der Waals surface area contributed by atoms with Gasteiger partial charge in [0, 0.05) is 0 Å². The number of likely N-dealkylation sites (tertiary alicyclic amines) is 1. The van der Waals surface area contributed by atoms with Gasteiger partial charge >= 0.3 is 5.97 Å². The van der Waals surface area contributed by atoms with Crippen molar-refractivity contribution in [3.8, 4) is 0 Å². The number of allylic oxidation sites excluding steroid dienone is 1. The Labute approximate surface area is 174 Å². The van der Waals surface area contributed by atoms with Crippen LogP contribution in [0.1, 0.15) is 53.5 Å². The van der Waals surface area contributed by atoms with E-state index in [1.165, 1.54) is 33.4 Å². The van der Waals surface area contributed by atoms with Gasteiger partial charge in [0.2, 0.25) is 0 Å². The van der Waals surface area contributed by atoms with E-state index in [2.05, 4.69) is 60.4 Å².